The van der Waals surface area contributed by atoms with E-state index in [0.29, 0.717) is 6.42 Å². The molecule has 33 heavy (non-hydrogen) atoms. The van der Waals surface area contributed by atoms with Crippen LogP contribution >= 0.6 is 0 Å². The van der Waals surface area contributed by atoms with Gasteiger partial charge < -0.3 is 9.47 Å². The van der Waals surface area contributed by atoms with Gasteiger partial charge in [-0.05, 0) is 48.7 Å². The van der Waals surface area contributed by atoms with Crippen molar-refractivity contribution in [3.8, 4) is 11.5 Å². The van der Waals surface area contributed by atoms with Crippen LogP contribution in [-0.2, 0) is 14.3 Å². The maximum Gasteiger partial charge on any atom is 0.324 e. The fraction of sp³-hybridized carbons (Fsp3) is 0.280. The zero-order chi connectivity index (χ0) is 23.6. The van der Waals surface area contributed by atoms with Gasteiger partial charge in [-0.3, -0.25) is 28.8 Å². The molecule has 1 saturated carbocycles. The number of methoxy groups -OCH3 is 1. The highest BCUT2D eigenvalue weighted by atomic mass is 16.5. The summed E-state index contributed by atoms with van der Waals surface area (Å²) in [5.41, 5.74) is 0.467. The van der Waals surface area contributed by atoms with Gasteiger partial charge in [0.05, 0.1) is 7.11 Å². The van der Waals surface area contributed by atoms with E-state index in [-0.39, 0.29) is 51.4 Å². The van der Waals surface area contributed by atoms with Crippen molar-refractivity contribution >= 4 is 34.9 Å². The molecule has 0 saturated heterocycles. The molecule has 0 bridgehead atoms. The van der Waals surface area contributed by atoms with Gasteiger partial charge in [-0.2, -0.15) is 0 Å². The molecule has 0 aliphatic heterocycles. The average molecular weight is 446 g/mol. The molecule has 0 heterocycles. The van der Waals surface area contributed by atoms with Crippen molar-refractivity contribution in [3.63, 3.8) is 0 Å². The molecule has 2 aromatic carbocycles. The molecule has 4 unspecified atom stereocenters. The first kappa shape index (κ1) is 20.9. The zero-order valence-corrected chi connectivity index (χ0v) is 17.7. The third-order valence-corrected chi connectivity index (χ3v) is 6.52. The Kier molecular flexibility index (Phi) is 4.63. The Labute approximate surface area is 187 Å². The molecule has 0 radical (unpaired) electrons. The van der Waals surface area contributed by atoms with Gasteiger partial charge in [0, 0.05) is 28.2 Å². The minimum atomic E-state index is -1.52. The highest BCUT2D eigenvalue weighted by Crippen LogP contribution is 2.43. The molecule has 2 aromatic rings. The van der Waals surface area contributed by atoms with Gasteiger partial charge in [0.15, 0.2) is 34.8 Å². The highest BCUT2D eigenvalue weighted by Gasteiger charge is 2.51. The van der Waals surface area contributed by atoms with E-state index in [1.165, 1.54) is 36.4 Å². The number of carbonyl (C=O) groups is 6. The topological polar surface area (TPSA) is 121 Å². The van der Waals surface area contributed by atoms with Crippen molar-refractivity contribution < 1.29 is 38.2 Å². The van der Waals surface area contributed by atoms with Crippen LogP contribution in [0.3, 0.4) is 0 Å². The standard InChI is InChI=1S/C25H18O8/c1-10-7-15(10)22(28)18-20(26)13-5-3-11(8-16(13)23(18)29)33-12-4-6-14-17(9-12)24(30)19(21(14)27)25(31)32-2/h3-6,8-10,15,18-19H,7H2,1-2H3. The largest absolute Gasteiger partial charge is 0.468 e. The fourth-order valence-corrected chi connectivity index (χ4v) is 4.53. The van der Waals surface area contributed by atoms with Gasteiger partial charge in [-0.1, -0.05) is 6.92 Å². The lowest BCUT2D eigenvalue weighted by Gasteiger charge is -2.08. The number of ketones is 5. The van der Waals surface area contributed by atoms with Gasteiger partial charge in [-0.25, -0.2) is 0 Å². The quantitative estimate of drug-likeness (QED) is 0.508. The third-order valence-electron chi connectivity index (χ3n) is 6.52. The maximum atomic E-state index is 12.8. The van der Waals surface area contributed by atoms with E-state index in [2.05, 4.69) is 4.74 Å². The molecule has 0 N–H and O–H groups in total. The van der Waals surface area contributed by atoms with Crippen LogP contribution in [0.4, 0.5) is 0 Å². The van der Waals surface area contributed by atoms with Crippen molar-refractivity contribution in [2.75, 3.05) is 7.11 Å². The minimum absolute atomic E-state index is 0.0459. The number of fused-ring (bicyclic) bond motifs is 2. The highest BCUT2D eigenvalue weighted by molar-refractivity contribution is 6.36. The number of esters is 1. The smallest absolute Gasteiger partial charge is 0.324 e. The fourth-order valence-electron chi connectivity index (χ4n) is 4.53. The second kappa shape index (κ2) is 7.30. The van der Waals surface area contributed by atoms with Crippen LogP contribution in [0.2, 0.25) is 0 Å². The Morgan fingerprint density at radius 1 is 0.758 bits per heavy atom. The summed E-state index contributed by atoms with van der Waals surface area (Å²) in [7, 11) is 1.10. The summed E-state index contributed by atoms with van der Waals surface area (Å²) in [4.78, 5) is 74.8. The lowest BCUT2D eigenvalue weighted by Crippen LogP contribution is -2.27. The number of benzene rings is 2. The van der Waals surface area contributed by atoms with Gasteiger partial charge in [-0.15, -0.1) is 0 Å². The van der Waals surface area contributed by atoms with E-state index in [0.717, 1.165) is 7.11 Å². The molecule has 5 rings (SSSR count). The molecule has 3 aliphatic rings. The lowest BCUT2D eigenvalue weighted by atomic mass is 9.95. The second-order valence-electron chi connectivity index (χ2n) is 8.58. The first-order valence-electron chi connectivity index (χ1n) is 10.5. The zero-order valence-electron chi connectivity index (χ0n) is 17.7. The Morgan fingerprint density at radius 3 is 1.70 bits per heavy atom. The molecule has 166 valence electrons. The van der Waals surface area contributed by atoms with E-state index >= 15 is 0 Å². The van der Waals surface area contributed by atoms with Crippen LogP contribution in [0.1, 0.15) is 54.8 Å². The molecule has 8 nitrogen and oxygen atoms in total. The van der Waals surface area contributed by atoms with Crippen LogP contribution in [0.25, 0.3) is 0 Å². The van der Waals surface area contributed by atoms with Crippen molar-refractivity contribution in [3.05, 3.63) is 58.7 Å². The SMILES string of the molecule is COC(=O)C1C(=O)c2ccc(Oc3ccc4c(c3)C(=O)C(C(=O)C3CC3C)C4=O)cc2C1=O. The summed E-state index contributed by atoms with van der Waals surface area (Å²) in [6, 6.07) is 8.54. The van der Waals surface area contributed by atoms with Crippen LogP contribution < -0.4 is 4.74 Å². The lowest BCUT2D eigenvalue weighted by molar-refractivity contribution is -0.142. The Bertz CT molecular complexity index is 1300. The predicted molar refractivity (Wildman–Crippen MR) is 112 cm³/mol. The minimum Gasteiger partial charge on any atom is -0.468 e. The maximum absolute atomic E-state index is 12.8. The van der Waals surface area contributed by atoms with E-state index in [1.54, 1.807) is 0 Å². The number of Topliss-reactive ketones (excluding diaryl/α,β-unsaturated/α-hetero) is 5. The Hall–Kier alpha value is -3.94. The van der Waals surface area contributed by atoms with Crippen molar-refractivity contribution in [2.45, 2.75) is 13.3 Å². The molecule has 0 aromatic heterocycles. The Morgan fingerprint density at radius 2 is 1.21 bits per heavy atom. The van der Waals surface area contributed by atoms with Crippen LogP contribution in [-0.4, -0.2) is 42.0 Å². The van der Waals surface area contributed by atoms with Crippen molar-refractivity contribution in [1.29, 1.82) is 0 Å². The van der Waals surface area contributed by atoms with Crippen LogP contribution in [0.5, 0.6) is 11.5 Å². The monoisotopic (exact) mass is 446 g/mol. The number of ether oxygens (including phenoxy) is 2. The normalized spacial score (nSPS) is 25.0. The molecule has 3 aliphatic carbocycles. The summed E-state index contributed by atoms with van der Waals surface area (Å²) >= 11 is 0. The molecular formula is C25H18O8. The predicted octanol–water partition coefficient (Wildman–Crippen LogP) is 2.87. The first-order valence-corrected chi connectivity index (χ1v) is 10.5. The van der Waals surface area contributed by atoms with E-state index in [4.69, 9.17) is 4.74 Å². The molecule has 4 atom stereocenters. The first-order chi connectivity index (χ1) is 15.7. The Balaban J connectivity index is 1.40. The van der Waals surface area contributed by atoms with Crippen molar-refractivity contribution in [2.24, 2.45) is 23.7 Å². The van der Waals surface area contributed by atoms with Crippen molar-refractivity contribution in [1.82, 2.24) is 0 Å². The van der Waals surface area contributed by atoms with Crippen LogP contribution in [0, 0.1) is 23.7 Å². The molecule has 0 spiro atoms. The summed E-state index contributed by atoms with van der Waals surface area (Å²) in [6.45, 7) is 1.91. The summed E-state index contributed by atoms with van der Waals surface area (Å²) in [5.74, 6) is -5.98. The average Bonchev–Trinajstić information content (AvgIpc) is 3.42. The van der Waals surface area contributed by atoms with Crippen LogP contribution in [0.15, 0.2) is 36.4 Å². The van der Waals surface area contributed by atoms with Gasteiger partial charge in [0.2, 0.25) is 0 Å². The number of rotatable bonds is 5. The van der Waals surface area contributed by atoms with E-state index in [9.17, 15) is 28.8 Å². The number of carbonyl (C=O) groups excluding carboxylic acids is 6. The van der Waals surface area contributed by atoms with E-state index in [1.807, 2.05) is 6.92 Å². The van der Waals surface area contributed by atoms with Gasteiger partial charge in [0.1, 0.15) is 17.4 Å². The van der Waals surface area contributed by atoms with Gasteiger partial charge >= 0.3 is 5.97 Å². The summed E-state index contributed by atoms with van der Waals surface area (Å²) in [5, 5.41) is 0. The molecule has 8 heteroatoms. The molecule has 1 fully saturated rings. The van der Waals surface area contributed by atoms with Gasteiger partial charge in [0.25, 0.3) is 0 Å². The number of hydrogen-bond acceptors (Lipinski definition) is 8. The molecule has 0 amide bonds. The number of hydrogen-bond donors (Lipinski definition) is 0. The third kappa shape index (κ3) is 3.13. The molecular weight excluding hydrogens is 428 g/mol. The second-order valence-corrected chi connectivity index (χ2v) is 8.58. The summed E-state index contributed by atoms with van der Waals surface area (Å²) in [6.07, 6.45) is 0.691. The van der Waals surface area contributed by atoms with E-state index < -0.39 is 40.9 Å². The summed E-state index contributed by atoms with van der Waals surface area (Å²) < 4.78 is 10.3.